The zero-order valence-electron chi connectivity index (χ0n) is 14.6. The van der Waals surface area contributed by atoms with Gasteiger partial charge in [-0.15, -0.1) is 0 Å². The second-order valence-corrected chi connectivity index (χ2v) is 8.02. The molecule has 3 nitrogen and oxygen atoms in total. The first-order valence-electron chi connectivity index (χ1n) is 9.39. The summed E-state index contributed by atoms with van der Waals surface area (Å²) in [6.07, 6.45) is 6.61. The molecule has 0 amide bonds. The Morgan fingerprint density at radius 2 is 2.08 bits per heavy atom. The van der Waals surface area contributed by atoms with Crippen molar-refractivity contribution in [2.45, 2.75) is 64.7 Å². The molecule has 2 saturated carbocycles. The predicted molar refractivity (Wildman–Crippen MR) is 92.0 cm³/mol. The maximum atomic E-state index is 12.4. The second kappa shape index (κ2) is 5.72. The zero-order chi connectivity index (χ0) is 16.9. The van der Waals surface area contributed by atoms with E-state index in [1.165, 1.54) is 11.1 Å². The maximum absolute atomic E-state index is 12.4. The van der Waals surface area contributed by atoms with E-state index in [0.717, 1.165) is 38.5 Å². The summed E-state index contributed by atoms with van der Waals surface area (Å²) in [4.78, 5) is 23.9. The number of hydrogen-bond acceptors (Lipinski definition) is 3. The molecule has 128 valence electrons. The highest BCUT2D eigenvalue weighted by atomic mass is 16.5. The van der Waals surface area contributed by atoms with E-state index in [1.807, 2.05) is 13.0 Å². The lowest BCUT2D eigenvalue weighted by molar-refractivity contribution is -0.134. The third-order valence-corrected chi connectivity index (χ3v) is 6.93. The number of benzene rings is 1. The summed E-state index contributed by atoms with van der Waals surface area (Å²) in [5, 5.41) is 0. The lowest BCUT2D eigenvalue weighted by atomic mass is 9.55. The molecule has 2 fully saturated rings. The Labute approximate surface area is 143 Å². The van der Waals surface area contributed by atoms with Crippen LogP contribution in [-0.2, 0) is 16.0 Å². The van der Waals surface area contributed by atoms with E-state index < -0.39 is 0 Å². The minimum absolute atomic E-state index is 0.0603. The van der Waals surface area contributed by atoms with E-state index in [2.05, 4.69) is 19.1 Å². The van der Waals surface area contributed by atoms with Crippen LogP contribution in [0.1, 0.15) is 69.4 Å². The highest BCUT2D eigenvalue weighted by molar-refractivity contribution is 5.87. The molecule has 0 aromatic heterocycles. The smallest absolute Gasteiger partial charge is 0.310 e. The Balaban J connectivity index is 1.61. The topological polar surface area (TPSA) is 43.4 Å². The molecule has 3 heteroatoms. The molecule has 0 saturated heterocycles. The van der Waals surface area contributed by atoms with Crippen LogP contribution in [0, 0.1) is 17.3 Å². The first kappa shape index (κ1) is 15.9. The average molecular weight is 326 g/mol. The molecule has 24 heavy (non-hydrogen) atoms. The number of carbonyl (C=O) groups excluding carboxylic acids is 2. The van der Waals surface area contributed by atoms with E-state index in [4.69, 9.17) is 4.74 Å². The van der Waals surface area contributed by atoms with E-state index >= 15 is 0 Å². The van der Waals surface area contributed by atoms with Crippen LogP contribution in [0.15, 0.2) is 18.2 Å². The van der Waals surface area contributed by atoms with Crippen LogP contribution in [0.3, 0.4) is 0 Å². The molecule has 0 heterocycles. The molecule has 3 aliphatic carbocycles. The van der Waals surface area contributed by atoms with Crippen LogP contribution in [0.4, 0.5) is 0 Å². The molecule has 4 atom stereocenters. The minimum Gasteiger partial charge on any atom is -0.427 e. The number of ketones is 1. The van der Waals surface area contributed by atoms with Crippen LogP contribution in [0.5, 0.6) is 5.75 Å². The van der Waals surface area contributed by atoms with Crippen molar-refractivity contribution in [3.05, 3.63) is 29.3 Å². The number of carbonyl (C=O) groups is 2. The lowest BCUT2D eigenvalue weighted by Crippen LogP contribution is -2.42. The summed E-state index contributed by atoms with van der Waals surface area (Å²) >= 11 is 0. The predicted octanol–water partition coefficient (Wildman–Crippen LogP) is 4.43. The van der Waals surface area contributed by atoms with Gasteiger partial charge in [0.1, 0.15) is 11.5 Å². The number of hydrogen-bond donors (Lipinski definition) is 0. The van der Waals surface area contributed by atoms with E-state index in [1.54, 1.807) is 0 Å². The van der Waals surface area contributed by atoms with Gasteiger partial charge in [0.05, 0.1) is 0 Å². The normalized spacial score (nSPS) is 34.2. The molecular formula is C21H26O3. The van der Waals surface area contributed by atoms with Gasteiger partial charge in [0, 0.05) is 18.3 Å². The van der Waals surface area contributed by atoms with Crippen LogP contribution < -0.4 is 4.74 Å². The van der Waals surface area contributed by atoms with Crippen LogP contribution in [0.25, 0.3) is 0 Å². The van der Waals surface area contributed by atoms with Gasteiger partial charge in [0.2, 0.25) is 0 Å². The highest BCUT2D eigenvalue weighted by Crippen LogP contribution is 2.59. The Bertz CT molecular complexity index is 692. The summed E-state index contributed by atoms with van der Waals surface area (Å²) in [5.41, 5.74) is 2.71. The van der Waals surface area contributed by atoms with Crippen molar-refractivity contribution >= 4 is 11.8 Å². The van der Waals surface area contributed by atoms with Gasteiger partial charge in [-0.3, -0.25) is 9.59 Å². The molecular weight excluding hydrogens is 300 g/mol. The van der Waals surface area contributed by atoms with Gasteiger partial charge in [-0.2, -0.15) is 0 Å². The fourth-order valence-corrected chi connectivity index (χ4v) is 5.60. The summed E-state index contributed by atoms with van der Waals surface area (Å²) in [6.45, 7) is 4.03. The maximum Gasteiger partial charge on any atom is 0.310 e. The van der Waals surface area contributed by atoms with E-state index in [-0.39, 0.29) is 11.4 Å². The van der Waals surface area contributed by atoms with Crippen LogP contribution in [0.2, 0.25) is 0 Å². The molecule has 4 rings (SSSR count). The van der Waals surface area contributed by atoms with Crippen molar-refractivity contribution in [2.24, 2.45) is 17.3 Å². The van der Waals surface area contributed by atoms with Crippen molar-refractivity contribution in [1.82, 2.24) is 0 Å². The van der Waals surface area contributed by atoms with Gasteiger partial charge in [-0.25, -0.2) is 0 Å². The Hall–Kier alpha value is -1.64. The molecule has 0 N–H and O–H groups in total. The second-order valence-electron chi connectivity index (χ2n) is 8.02. The number of rotatable bonds is 2. The molecule has 1 aromatic carbocycles. The fourth-order valence-electron chi connectivity index (χ4n) is 5.60. The Kier molecular flexibility index (Phi) is 3.78. The lowest BCUT2D eigenvalue weighted by Gasteiger charge is -2.48. The first-order valence-corrected chi connectivity index (χ1v) is 9.39. The van der Waals surface area contributed by atoms with Crippen LogP contribution >= 0.6 is 0 Å². The largest absolute Gasteiger partial charge is 0.427 e. The zero-order valence-corrected chi connectivity index (χ0v) is 14.6. The quantitative estimate of drug-likeness (QED) is 0.596. The van der Waals surface area contributed by atoms with E-state index in [0.29, 0.717) is 35.7 Å². The van der Waals surface area contributed by atoms with Crippen molar-refractivity contribution in [3.8, 4) is 5.75 Å². The van der Waals surface area contributed by atoms with Crippen molar-refractivity contribution in [1.29, 1.82) is 0 Å². The van der Waals surface area contributed by atoms with Gasteiger partial charge in [-0.05, 0) is 73.1 Å². The molecule has 0 aliphatic heterocycles. The number of Topliss-reactive ketones (excluding diaryl/α,β-unsaturated/α-hetero) is 1. The number of esters is 1. The molecule has 1 aromatic rings. The third kappa shape index (κ3) is 2.32. The Morgan fingerprint density at radius 1 is 1.25 bits per heavy atom. The van der Waals surface area contributed by atoms with Gasteiger partial charge >= 0.3 is 5.97 Å². The number of ether oxygens (including phenoxy) is 1. The van der Waals surface area contributed by atoms with Gasteiger partial charge < -0.3 is 4.74 Å². The SMILES string of the molecule is CCC(=O)Oc1ccc2c(c1)CC[C@@H]1[C@@H]2CC[C@]2(C)C(=O)CC[C@@H]12. The van der Waals surface area contributed by atoms with Gasteiger partial charge in [0.25, 0.3) is 0 Å². The number of aryl methyl sites for hydroxylation is 1. The van der Waals surface area contributed by atoms with Crippen molar-refractivity contribution in [3.63, 3.8) is 0 Å². The summed E-state index contributed by atoms with van der Waals surface area (Å²) in [5.74, 6) is 2.78. The molecule has 0 radical (unpaired) electrons. The summed E-state index contributed by atoms with van der Waals surface area (Å²) in [7, 11) is 0. The third-order valence-electron chi connectivity index (χ3n) is 6.93. The van der Waals surface area contributed by atoms with Crippen molar-refractivity contribution < 1.29 is 14.3 Å². The summed E-state index contributed by atoms with van der Waals surface area (Å²) < 4.78 is 5.38. The Morgan fingerprint density at radius 3 is 2.88 bits per heavy atom. The standard InChI is InChI=1S/C21H26O3/c1-3-20(23)24-14-5-7-15-13(12-14)4-6-17-16(15)10-11-21(2)18(17)8-9-19(21)22/h5,7,12,16-18H,3-4,6,8-11H2,1-2H3/t16-,17-,18+,21+/m1/s1. The molecule has 0 bridgehead atoms. The molecule has 3 aliphatic rings. The number of fused-ring (bicyclic) bond motifs is 5. The van der Waals surface area contributed by atoms with Gasteiger partial charge in [-0.1, -0.05) is 19.9 Å². The van der Waals surface area contributed by atoms with Gasteiger partial charge in [0.15, 0.2) is 0 Å². The minimum atomic E-state index is -0.179. The monoisotopic (exact) mass is 326 g/mol. The molecule has 0 unspecified atom stereocenters. The average Bonchev–Trinajstić information content (AvgIpc) is 2.89. The highest BCUT2D eigenvalue weighted by Gasteiger charge is 2.54. The first-order chi connectivity index (χ1) is 11.5. The fraction of sp³-hybridized carbons (Fsp3) is 0.619. The molecule has 0 spiro atoms. The summed E-state index contributed by atoms with van der Waals surface area (Å²) in [6, 6.07) is 6.18. The van der Waals surface area contributed by atoms with E-state index in [9.17, 15) is 9.59 Å². The van der Waals surface area contributed by atoms with Crippen LogP contribution in [-0.4, -0.2) is 11.8 Å². The van der Waals surface area contributed by atoms with Crippen molar-refractivity contribution in [2.75, 3.05) is 0 Å².